The number of hydrogen-bond acceptors (Lipinski definition) is 5. The maximum atomic E-state index is 10.9. The Balaban J connectivity index is 3.19. The summed E-state index contributed by atoms with van der Waals surface area (Å²) >= 11 is 1.29. The van der Waals surface area contributed by atoms with Crippen LogP contribution in [0.2, 0.25) is 0 Å². The first-order valence-electron chi connectivity index (χ1n) is 5.22. The Morgan fingerprint density at radius 1 is 1.56 bits per heavy atom. The smallest absolute Gasteiger partial charge is 0.304 e. The van der Waals surface area contributed by atoms with Crippen LogP contribution in [0, 0.1) is 10.1 Å². The lowest BCUT2D eigenvalue weighted by Gasteiger charge is -2.17. The van der Waals surface area contributed by atoms with Gasteiger partial charge in [-0.3, -0.25) is 10.1 Å². The van der Waals surface area contributed by atoms with Crippen molar-refractivity contribution in [2.24, 2.45) is 0 Å². The Hall–Kier alpha value is -1.14. The molecule has 0 aliphatic rings. The van der Waals surface area contributed by atoms with Gasteiger partial charge >= 0.3 is 5.69 Å². The summed E-state index contributed by atoms with van der Waals surface area (Å²) in [7, 11) is 0. The van der Waals surface area contributed by atoms with Crippen LogP contribution in [0.25, 0.3) is 0 Å². The summed E-state index contributed by atoms with van der Waals surface area (Å²) in [6, 6.07) is 1.46. The third-order valence-electron chi connectivity index (χ3n) is 2.37. The monoisotopic (exact) mass is 244 g/mol. The highest BCUT2D eigenvalue weighted by atomic mass is 32.1. The summed E-state index contributed by atoms with van der Waals surface area (Å²) in [6.07, 6.45) is -0.659. The predicted octanol–water partition coefficient (Wildman–Crippen LogP) is 2.56. The number of aliphatic hydroxyl groups excluding tert-OH is 1. The van der Waals surface area contributed by atoms with Crippen molar-refractivity contribution in [3.8, 4) is 0 Å². The van der Waals surface area contributed by atoms with Gasteiger partial charge in [-0.2, -0.15) is 0 Å². The molecular weight excluding hydrogens is 228 g/mol. The zero-order chi connectivity index (χ0) is 12.3. The maximum absolute atomic E-state index is 10.9. The molecule has 1 N–H and O–H groups in total. The van der Waals surface area contributed by atoms with E-state index < -0.39 is 11.0 Å². The fourth-order valence-corrected chi connectivity index (χ4v) is 2.65. The fraction of sp³-hybridized carbons (Fsp3) is 0.600. The fourth-order valence-electron chi connectivity index (χ4n) is 1.46. The van der Waals surface area contributed by atoms with Crippen LogP contribution in [0.5, 0.6) is 0 Å². The summed E-state index contributed by atoms with van der Waals surface area (Å²) in [5.41, 5.74) is 0.0876. The van der Waals surface area contributed by atoms with Crippen LogP contribution in [0.4, 0.5) is 10.7 Å². The molecule has 0 saturated carbocycles. The van der Waals surface area contributed by atoms with E-state index in [1.54, 1.807) is 6.92 Å². The molecule has 0 amide bonds. The first-order valence-corrected chi connectivity index (χ1v) is 6.04. The molecule has 0 fully saturated rings. The summed E-state index contributed by atoms with van der Waals surface area (Å²) < 4.78 is 0. The van der Waals surface area contributed by atoms with Crippen molar-refractivity contribution in [2.75, 3.05) is 18.0 Å². The van der Waals surface area contributed by atoms with Crippen LogP contribution in [0.3, 0.4) is 0 Å². The van der Waals surface area contributed by atoms with Gasteiger partial charge in [-0.25, -0.2) is 0 Å². The molecule has 0 aromatic carbocycles. The molecular formula is C10H16N2O3S. The van der Waals surface area contributed by atoms with Crippen molar-refractivity contribution in [2.45, 2.75) is 26.9 Å². The number of aliphatic hydroxyl groups is 1. The van der Waals surface area contributed by atoms with E-state index in [1.807, 2.05) is 18.7 Å². The number of nitrogens with zero attached hydrogens (tertiary/aromatic N) is 2. The third kappa shape index (κ3) is 2.51. The van der Waals surface area contributed by atoms with Crippen molar-refractivity contribution in [3.63, 3.8) is 0 Å². The minimum absolute atomic E-state index is 0.0876. The predicted molar refractivity (Wildman–Crippen MR) is 65.2 cm³/mol. The second kappa shape index (κ2) is 5.27. The molecule has 0 radical (unpaired) electrons. The van der Waals surface area contributed by atoms with Gasteiger partial charge in [-0.1, -0.05) is 0 Å². The van der Waals surface area contributed by atoms with Crippen LogP contribution in [-0.4, -0.2) is 23.1 Å². The van der Waals surface area contributed by atoms with E-state index in [0.717, 1.165) is 13.1 Å². The maximum Gasteiger partial charge on any atom is 0.304 e. The van der Waals surface area contributed by atoms with Gasteiger partial charge in [0.1, 0.15) is 0 Å². The highest BCUT2D eigenvalue weighted by Crippen LogP contribution is 2.39. The Bertz CT molecular complexity index is 372. The average Bonchev–Trinajstić information content (AvgIpc) is 2.64. The van der Waals surface area contributed by atoms with E-state index in [4.69, 9.17) is 0 Å². The van der Waals surface area contributed by atoms with E-state index in [9.17, 15) is 15.2 Å². The van der Waals surface area contributed by atoms with Gasteiger partial charge in [-0.15, -0.1) is 11.3 Å². The molecule has 1 unspecified atom stereocenters. The summed E-state index contributed by atoms with van der Waals surface area (Å²) in [5.74, 6) is 0. The van der Waals surface area contributed by atoms with Crippen LogP contribution >= 0.6 is 11.3 Å². The molecule has 1 aromatic rings. The minimum Gasteiger partial charge on any atom is -0.388 e. The molecule has 1 aromatic heterocycles. The van der Waals surface area contributed by atoms with Crippen molar-refractivity contribution in [1.82, 2.24) is 0 Å². The molecule has 0 aliphatic carbocycles. The standard InChI is InChI=1S/C10H16N2O3S/c1-4-11(5-2)10-8(12(14)15)6-9(16-10)7(3)13/h6-7,13H,4-5H2,1-3H3. The van der Waals surface area contributed by atoms with Gasteiger partial charge < -0.3 is 10.0 Å². The van der Waals surface area contributed by atoms with Crippen molar-refractivity contribution in [3.05, 3.63) is 21.1 Å². The van der Waals surface area contributed by atoms with Crippen LogP contribution in [0.1, 0.15) is 31.8 Å². The normalized spacial score (nSPS) is 12.5. The molecule has 1 atom stereocenters. The third-order valence-corrected chi connectivity index (χ3v) is 3.73. The van der Waals surface area contributed by atoms with E-state index >= 15 is 0 Å². The van der Waals surface area contributed by atoms with Gasteiger partial charge in [0, 0.05) is 24.0 Å². The van der Waals surface area contributed by atoms with Gasteiger partial charge in [-0.05, 0) is 20.8 Å². The van der Waals surface area contributed by atoms with Gasteiger partial charge in [0.2, 0.25) is 0 Å². The van der Waals surface area contributed by atoms with Crippen molar-refractivity contribution in [1.29, 1.82) is 0 Å². The van der Waals surface area contributed by atoms with E-state index in [1.165, 1.54) is 17.4 Å². The summed E-state index contributed by atoms with van der Waals surface area (Å²) in [6.45, 7) is 6.96. The number of hydrogen-bond donors (Lipinski definition) is 1. The molecule has 0 bridgehead atoms. The average molecular weight is 244 g/mol. The van der Waals surface area contributed by atoms with Crippen molar-refractivity contribution >= 4 is 22.0 Å². The molecule has 90 valence electrons. The molecule has 0 spiro atoms. The molecule has 5 nitrogen and oxygen atoms in total. The molecule has 6 heteroatoms. The zero-order valence-corrected chi connectivity index (χ0v) is 10.5. The number of anilines is 1. The highest BCUT2D eigenvalue weighted by Gasteiger charge is 2.23. The highest BCUT2D eigenvalue weighted by molar-refractivity contribution is 7.16. The first kappa shape index (κ1) is 12.9. The second-order valence-corrected chi connectivity index (χ2v) is 4.51. The second-order valence-electron chi connectivity index (χ2n) is 3.44. The number of nitro groups is 1. The topological polar surface area (TPSA) is 66.6 Å². The molecule has 1 rings (SSSR count). The van der Waals surface area contributed by atoms with Gasteiger partial charge in [0.15, 0.2) is 5.00 Å². The zero-order valence-electron chi connectivity index (χ0n) is 9.64. The molecule has 16 heavy (non-hydrogen) atoms. The molecule has 1 heterocycles. The first-order chi connectivity index (χ1) is 7.51. The van der Waals surface area contributed by atoms with E-state index in [2.05, 4.69) is 0 Å². The van der Waals surface area contributed by atoms with E-state index in [0.29, 0.717) is 9.88 Å². The van der Waals surface area contributed by atoms with Crippen LogP contribution in [0.15, 0.2) is 6.07 Å². The Morgan fingerprint density at radius 3 is 2.50 bits per heavy atom. The quantitative estimate of drug-likeness (QED) is 0.638. The Labute approximate surface area is 98.5 Å². The summed E-state index contributed by atoms with van der Waals surface area (Å²) in [5, 5.41) is 21.0. The van der Waals surface area contributed by atoms with E-state index in [-0.39, 0.29) is 5.69 Å². The van der Waals surface area contributed by atoms with Crippen LogP contribution < -0.4 is 4.90 Å². The lowest BCUT2D eigenvalue weighted by molar-refractivity contribution is -0.383. The Kier molecular flexibility index (Phi) is 4.26. The lowest BCUT2D eigenvalue weighted by Crippen LogP contribution is -2.21. The van der Waals surface area contributed by atoms with Crippen molar-refractivity contribution < 1.29 is 10.0 Å². The summed E-state index contributed by atoms with van der Waals surface area (Å²) in [4.78, 5) is 13.1. The lowest BCUT2D eigenvalue weighted by atomic mass is 10.3. The number of thiophene rings is 1. The van der Waals surface area contributed by atoms with Gasteiger partial charge in [0.25, 0.3) is 0 Å². The van der Waals surface area contributed by atoms with Crippen LogP contribution in [-0.2, 0) is 0 Å². The largest absolute Gasteiger partial charge is 0.388 e. The Morgan fingerprint density at radius 2 is 2.12 bits per heavy atom. The minimum atomic E-state index is -0.659. The number of rotatable bonds is 5. The molecule has 0 aliphatic heterocycles. The van der Waals surface area contributed by atoms with Gasteiger partial charge in [0.05, 0.1) is 11.0 Å². The molecule has 0 saturated heterocycles. The SMILES string of the molecule is CCN(CC)c1sc(C(C)O)cc1[N+](=O)[O-].